The molecule has 13 nitrogen and oxygen atoms in total. The Morgan fingerprint density at radius 1 is 1.30 bits per heavy atom. The van der Waals surface area contributed by atoms with Gasteiger partial charge in [-0.05, 0) is 29.3 Å². The predicted molar refractivity (Wildman–Crippen MR) is 119 cm³/mol. The van der Waals surface area contributed by atoms with Gasteiger partial charge in [-0.2, -0.15) is 0 Å². The van der Waals surface area contributed by atoms with Gasteiger partial charge in [0.1, 0.15) is 24.5 Å². The van der Waals surface area contributed by atoms with Crippen LogP contribution in [0.15, 0.2) is 35.1 Å². The Morgan fingerprint density at radius 3 is 2.62 bits per heavy atom. The normalized spacial score (nSPS) is 19.0. The summed E-state index contributed by atoms with van der Waals surface area (Å²) in [4.78, 5) is 44.1. The molecule has 37 heavy (non-hydrogen) atoms. The molecular weight excluding hydrogens is 523 g/mol. The molecule has 3 N–H and O–H groups in total. The molecule has 200 valence electrons. The van der Waals surface area contributed by atoms with Crippen LogP contribution >= 0.6 is 7.82 Å². The molecule has 0 spiro atoms. The average Bonchev–Trinajstić information content (AvgIpc) is 3.49. The van der Waals surface area contributed by atoms with E-state index in [1.807, 2.05) is 0 Å². The highest BCUT2D eigenvalue weighted by Gasteiger charge is 2.34. The lowest BCUT2D eigenvalue weighted by Crippen LogP contribution is -2.43. The fourth-order valence-corrected chi connectivity index (χ4v) is 4.18. The van der Waals surface area contributed by atoms with Crippen molar-refractivity contribution in [2.45, 2.75) is 18.6 Å². The third kappa shape index (κ3) is 6.50. The van der Waals surface area contributed by atoms with Crippen molar-refractivity contribution in [3.63, 3.8) is 0 Å². The summed E-state index contributed by atoms with van der Waals surface area (Å²) in [7, 11) is -4.86. The summed E-state index contributed by atoms with van der Waals surface area (Å²) in [6.45, 7) is -1.08. The number of aliphatic hydroxyl groups is 1. The van der Waals surface area contributed by atoms with Crippen LogP contribution in [0.5, 0.6) is 5.88 Å². The van der Waals surface area contributed by atoms with Crippen molar-refractivity contribution in [2.75, 3.05) is 37.7 Å². The van der Waals surface area contributed by atoms with Gasteiger partial charge in [-0.15, -0.1) is 0 Å². The highest BCUT2D eigenvalue weighted by Crippen LogP contribution is 2.36. The number of benzene rings is 1. The Hall–Kier alpha value is -3.36. The third-order valence-corrected chi connectivity index (χ3v) is 6.06. The Balaban J connectivity index is 1.39. The topological polar surface area (TPSA) is 172 Å². The Kier molecular flexibility index (Phi) is 7.90. The minimum atomic E-state index is -4.86. The van der Waals surface area contributed by atoms with Gasteiger partial charge in [0.15, 0.2) is 12.2 Å². The van der Waals surface area contributed by atoms with Crippen molar-refractivity contribution < 1.29 is 56.3 Å². The summed E-state index contributed by atoms with van der Waals surface area (Å²) < 4.78 is 60.0. The number of nitrogens with zero attached hydrogens (tertiary/aromatic N) is 3. The lowest BCUT2D eigenvalue weighted by molar-refractivity contribution is -0.141. The Labute approximate surface area is 208 Å². The zero-order valence-corrected chi connectivity index (χ0v) is 19.9. The fraction of sp³-hybridized carbons (Fsp3) is 0.381. The van der Waals surface area contributed by atoms with Crippen LogP contribution in [0.25, 0.3) is 5.57 Å². The van der Waals surface area contributed by atoms with Crippen LogP contribution in [-0.4, -0.2) is 82.0 Å². The molecule has 2 aromatic rings. The van der Waals surface area contributed by atoms with E-state index in [9.17, 15) is 28.0 Å². The zero-order chi connectivity index (χ0) is 26.7. The summed E-state index contributed by atoms with van der Waals surface area (Å²) in [5.41, 5.74) is -0.0942. The number of aliphatic hydroxyl groups excluding tert-OH is 1. The Bertz CT molecular complexity index is 1210. The highest BCUT2D eigenvalue weighted by atomic mass is 31.2. The van der Waals surface area contributed by atoms with Crippen LogP contribution in [0.1, 0.15) is 12.0 Å². The van der Waals surface area contributed by atoms with Crippen molar-refractivity contribution >= 4 is 31.1 Å². The average molecular weight is 545 g/mol. The molecular formula is C21H22F2N3O10P. The van der Waals surface area contributed by atoms with Gasteiger partial charge in [0.05, 0.1) is 18.8 Å². The molecule has 1 aromatic heterocycles. The molecule has 0 radical (unpaired) electrons. The molecule has 0 aliphatic carbocycles. The summed E-state index contributed by atoms with van der Waals surface area (Å²) in [5, 5.41) is 13.4. The van der Waals surface area contributed by atoms with Crippen LogP contribution < -0.4 is 9.64 Å². The number of carbonyl (C=O) groups excluding carboxylic acids is 2. The van der Waals surface area contributed by atoms with Crippen molar-refractivity contribution in [3.8, 4) is 5.88 Å². The van der Waals surface area contributed by atoms with Gasteiger partial charge >= 0.3 is 13.9 Å². The molecule has 0 bridgehead atoms. The minimum Gasteiger partial charge on any atom is -0.471 e. The van der Waals surface area contributed by atoms with Gasteiger partial charge in [-0.3, -0.25) is 14.2 Å². The molecule has 2 aliphatic heterocycles. The molecule has 4 rings (SSSR count). The fourth-order valence-electron chi connectivity index (χ4n) is 3.84. The number of phosphoric ester groups is 1. The molecule has 1 unspecified atom stereocenters. The summed E-state index contributed by atoms with van der Waals surface area (Å²) in [5.74, 6) is -2.51. The largest absolute Gasteiger partial charge is 0.471 e. The number of anilines is 1. The van der Waals surface area contributed by atoms with Crippen LogP contribution in [0, 0.1) is 11.6 Å². The first-order chi connectivity index (χ1) is 17.5. The van der Waals surface area contributed by atoms with E-state index < -0.39 is 50.3 Å². The molecule has 2 aliphatic rings. The second-order valence-electron chi connectivity index (χ2n) is 8.12. The van der Waals surface area contributed by atoms with Crippen molar-refractivity contribution in [1.82, 2.24) is 10.1 Å². The van der Waals surface area contributed by atoms with Crippen molar-refractivity contribution in [2.24, 2.45) is 0 Å². The molecule has 16 heteroatoms. The van der Waals surface area contributed by atoms with Crippen LogP contribution in [0.2, 0.25) is 0 Å². The molecule has 0 saturated carbocycles. The highest BCUT2D eigenvalue weighted by molar-refractivity contribution is 7.46. The van der Waals surface area contributed by atoms with Gasteiger partial charge in [-0.25, -0.2) is 18.1 Å². The van der Waals surface area contributed by atoms with E-state index in [0.717, 1.165) is 21.9 Å². The second-order valence-corrected chi connectivity index (χ2v) is 9.35. The summed E-state index contributed by atoms with van der Waals surface area (Å²) in [6.07, 6.45) is -0.574. The third-order valence-electron chi connectivity index (χ3n) is 5.57. The number of hydrogen-bond acceptors (Lipinski definition) is 9. The van der Waals surface area contributed by atoms with E-state index in [0.29, 0.717) is 0 Å². The molecule has 1 fully saturated rings. The number of amides is 2. The van der Waals surface area contributed by atoms with Gasteiger partial charge in [0, 0.05) is 24.7 Å². The van der Waals surface area contributed by atoms with E-state index in [2.05, 4.69) is 14.2 Å². The smallest absolute Gasteiger partial charge is 0.469 e. The lowest BCUT2D eigenvalue weighted by Gasteiger charge is -2.28. The van der Waals surface area contributed by atoms with E-state index in [1.165, 1.54) is 18.4 Å². The van der Waals surface area contributed by atoms with E-state index in [4.69, 9.17) is 19.3 Å². The van der Waals surface area contributed by atoms with Crippen molar-refractivity contribution in [3.05, 3.63) is 47.7 Å². The molecule has 2 atom stereocenters. The maximum Gasteiger partial charge on any atom is 0.469 e. The molecule has 1 aromatic carbocycles. The SMILES string of the molecule is O=C([C@@H](O)COP(=O)(O)O)N1CC=C(c2c(F)cc(N3CC(COc4ccon4)OC3=O)cc2F)CC1. The summed E-state index contributed by atoms with van der Waals surface area (Å²) >= 11 is 0. The van der Waals surface area contributed by atoms with E-state index in [1.54, 1.807) is 0 Å². The number of carbonyl (C=O) groups is 2. The number of hydrogen-bond donors (Lipinski definition) is 3. The zero-order valence-electron chi connectivity index (χ0n) is 19.0. The van der Waals surface area contributed by atoms with E-state index >= 15 is 0 Å². The molecule has 1 saturated heterocycles. The Morgan fingerprint density at radius 2 is 2.03 bits per heavy atom. The lowest BCUT2D eigenvalue weighted by atomic mass is 9.97. The standard InChI is InChI=1S/C21H22F2N3O10P/c22-15-7-13(26-9-14(36-21(26)29)10-33-18-3-6-34-24-18)8-16(23)19(15)12-1-4-25(5-2-12)20(28)17(27)11-35-37(30,31)32/h1,3,6-8,14,17,27H,2,4-5,9-11H2,(H2,30,31,32)/t14?,17-/m0/s1. The first kappa shape index (κ1) is 26.7. The monoisotopic (exact) mass is 545 g/mol. The van der Waals surface area contributed by atoms with Crippen molar-refractivity contribution in [1.29, 1.82) is 0 Å². The quantitative estimate of drug-likeness (QED) is 0.389. The maximum absolute atomic E-state index is 15.0. The van der Waals surface area contributed by atoms with Gasteiger partial charge in [0.25, 0.3) is 11.8 Å². The van der Waals surface area contributed by atoms with Gasteiger partial charge in [0.2, 0.25) is 0 Å². The number of halogens is 2. The predicted octanol–water partition coefficient (Wildman–Crippen LogP) is 1.44. The van der Waals surface area contributed by atoms with Crippen LogP contribution in [0.4, 0.5) is 19.3 Å². The van der Waals surface area contributed by atoms with E-state index in [-0.39, 0.29) is 55.4 Å². The maximum atomic E-state index is 15.0. The first-order valence-electron chi connectivity index (χ1n) is 10.9. The van der Waals surface area contributed by atoms with Crippen LogP contribution in [0.3, 0.4) is 0 Å². The number of cyclic esters (lactones) is 1. The number of phosphoric acid groups is 1. The number of aromatic nitrogens is 1. The first-order valence-corrected chi connectivity index (χ1v) is 12.4. The number of rotatable bonds is 9. The van der Waals surface area contributed by atoms with Gasteiger partial charge in [-0.1, -0.05) is 6.08 Å². The number of ether oxygens (including phenoxy) is 2. The molecule has 3 heterocycles. The second kappa shape index (κ2) is 10.9. The minimum absolute atomic E-state index is 0.0100. The van der Waals surface area contributed by atoms with Gasteiger partial charge < -0.3 is 33.8 Å². The summed E-state index contributed by atoms with van der Waals surface area (Å²) in [6, 6.07) is 3.47. The van der Waals surface area contributed by atoms with Crippen LogP contribution in [-0.2, 0) is 18.6 Å². The molecule has 2 amide bonds.